The summed E-state index contributed by atoms with van der Waals surface area (Å²) in [5, 5.41) is 3.66. The van der Waals surface area contributed by atoms with Gasteiger partial charge in [0.25, 0.3) is 0 Å². The number of benzene rings is 1. The fraction of sp³-hybridized carbons (Fsp3) is 0.182. The number of nitrogens with zero attached hydrogens (tertiary/aromatic N) is 1. The van der Waals surface area contributed by atoms with E-state index < -0.39 is 0 Å². The predicted octanol–water partition coefficient (Wildman–Crippen LogP) is 2.66. The summed E-state index contributed by atoms with van der Waals surface area (Å²) in [5.74, 6) is 1.66. The summed E-state index contributed by atoms with van der Waals surface area (Å²) in [7, 11) is 1.66. The Bertz CT molecular complexity index is 421. The van der Waals surface area contributed by atoms with Gasteiger partial charge < -0.3 is 9.26 Å². The van der Waals surface area contributed by atoms with E-state index in [2.05, 4.69) is 5.16 Å². The molecule has 1 heterocycles. The zero-order valence-corrected chi connectivity index (χ0v) is 8.15. The highest BCUT2D eigenvalue weighted by molar-refractivity contribution is 5.59. The summed E-state index contributed by atoms with van der Waals surface area (Å²) in [6, 6.07) is 7.72. The van der Waals surface area contributed by atoms with Crippen molar-refractivity contribution in [1.29, 1.82) is 0 Å². The lowest BCUT2D eigenvalue weighted by Crippen LogP contribution is -1.86. The maximum Gasteiger partial charge on any atom is 0.166 e. The minimum absolute atomic E-state index is 0.774. The first kappa shape index (κ1) is 8.81. The van der Waals surface area contributed by atoms with Crippen LogP contribution in [-0.4, -0.2) is 12.3 Å². The second-order valence-corrected chi connectivity index (χ2v) is 3.06. The Morgan fingerprint density at radius 2 is 2.14 bits per heavy atom. The molecule has 14 heavy (non-hydrogen) atoms. The number of methoxy groups -OCH3 is 1. The number of hydrogen-bond donors (Lipinski definition) is 0. The highest BCUT2D eigenvalue weighted by atomic mass is 16.5. The Hall–Kier alpha value is -1.77. The summed E-state index contributed by atoms with van der Waals surface area (Å²) in [5.41, 5.74) is 2.10. The molecule has 2 rings (SSSR count). The van der Waals surface area contributed by atoms with E-state index in [9.17, 15) is 0 Å². The number of ether oxygens (including phenoxy) is 1. The third-order valence-corrected chi connectivity index (χ3v) is 2.12. The van der Waals surface area contributed by atoms with Crippen LogP contribution < -0.4 is 4.74 Å². The van der Waals surface area contributed by atoms with Crippen LogP contribution in [0.3, 0.4) is 0 Å². The summed E-state index contributed by atoms with van der Waals surface area (Å²) >= 11 is 0. The van der Waals surface area contributed by atoms with E-state index in [-0.39, 0.29) is 0 Å². The second-order valence-electron chi connectivity index (χ2n) is 3.06. The average Bonchev–Trinajstić information content (AvgIpc) is 2.70. The molecule has 2 aromatic rings. The molecule has 0 unspecified atom stereocenters. The van der Waals surface area contributed by atoms with Crippen molar-refractivity contribution in [2.75, 3.05) is 7.11 Å². The molecule has 1 aromatic carbocycles. The Balaban J connectivity index is 2.43. The van der Waals surface area contributed by atoms with Gasteiger partial charge in [0.15, 0.2) is 5.76 Å². The first-order valence-corrected chi connectivity index (χ1v) is 4.37. The minimum atomic E-state index is 0.774. The molecule has 0 spiro atoms. The highest BCUT2D eigenvalue weighted by Gasteiger charge is 2.04. The molecule has 0 aliphatic heterocycles. The van der Waals surface area contributed by atoms with E-state index in [4.69, 9.17) is 9.26 Å². The summed E-state index contributed by atoms with van der Waals surface area (Å²) in [4.78, 5) is 0. The highest BCUT2D eigenvalue weighted by Crippen LogP contribution is 2.25. The third kappa shape index (κ3) is 1.48. The van der Waals surface area contributed by atoms with E-state index in [1.165, 1.54) is 0 Å². The van der Waals surface area contributed by atoms with Crippen LogP contribution in [-0.2, 0) is 0 Å². The number of rotatable bonds is 2. The first-order chi connectivity index (χ1) is 6.81. The van der Waals surface area contributed by atoms with Crippen LogP contribution in [0.1, 0.15) is 5.56 Å². The zero-order valence-electron chi connectivity index (χ0n) is 8.15. The topological polar surface area (TPSA) is 35.3 Å². The second kappa shape index (κ2) is 3.54. The van der Waals surface area contributed by atoms with Gasteiger partial charge in [-0.3, -0.25) is 0 Å². The van der Waals surface area contributed by atoms with Gasteiger partial charge in [-0.05, 0) is 30.7 Å². The zero-order chi connectivity index (χ0) is 9.97. The van der Waals surface area contributed by atoms with Crippen LogP contribution in [0.4, 0.5) is 0 Å². The lowest BCUT2D eigenvalue weighted by atomic mass is 10.1. The van der Waals surface area contributed by atoms with Gasteiger partial charge in [0.05, 0.1) is 13.3 Å². The fourth-order valence-corrected chi connectivity index (χ4v) is 1.40. The van der Waals surface area contributed by atoms with Crippen LogP contribution >= 0.6 is 0 Å². The van der Waals surface area contributed by atoms with Crippen molar-refractivity contribution in [3.8, 4) is 17.1 Å². The van der Waals surface area contributed by atoms with Crippen LogP contribution in [0.25, 0.3) is 11.3 Å². The quantitative estimate of drug-likeness (QED) is 0.728. The van der Waals surface area contributed by atoms with E-state index >= 15 is 0 Å². The van der Waals surface area contributed by atoms with E-state index in [1.54, 1.807) is 13.3 Å². The smallest absolute Gasteiger partial charge is 0.166 e. The molecule has 0 fully saturated rings. The van der Waals surface area contributed by atoms with Gasteiger partial charge in [-0.2, -0.15) is 0 Å². The Labute approximate surface area is 82.3 Å². The maximum atomic E-state index is 5.17. The van der Waals surface area contributed by atoms with Gasteiger partial charge in [0, 0.05) is 11.6 Å². The summed E-state index contributed by atoms with van der Waals surface area (Å²) in [6.45, 7) is 2.00. The Morgan fingerprint density at radius 1 is 1.29 bits per heavy atom. The molecule has 0 N–H and O–H groups in total. The van der Waals surface area contributed by atoms with Gasteiger partial charge in [0.2, 0.25) is 0 Å². The van der Waals surface area contributed by atoms with Gasteiger partial charge in [-0.1, -0.05) is 5.16 Å². The lowest BCUT2D eigenvalue weighted by molar-refractivity contribution is 0.411. The average molecular weight is 189 g/mol. The molecular weight excluding hydrogens is 178 g/mol. The monoisotopic (exact) mass is 189 g/mol. The van der Waals surface area contributed by atoms with E-state index in [0.717, 1.165) is 22.6 Å². The molecule has 0 saturated carbocycles. The summed E-state index contributed by atoms with van der Waals surface area (Å²) in [6.07, 6.45) is 1.63. The molecule has 0 aliphatic rings. The molecule has 0 saturated heterocycles. The van der Waals surface area contributed by atoms with Crippen molar-refractivity contribution in [3.63, 3.8) is 0 Å². The molecule has 0 bridgehead atoms. The van der Waals surface area contributed by atoms with Gasteiger partial charge in [-0.15, -0.1) is 0 Å². The van der Waals surface area contributed by atoms with Crippen LogP contribution in [0.5, 0.6) is 5.75 Å². The van der Waals surface area contributed by atoms with E-state index in [1.807, 2.05) is 31.2 Å². The molecule has 72 valence electrons. The van der Waals surface area contributed by atoms with Crippen LogP contribution in [0.2, 0.25) is 0 Å². The number of hydrogen-bond acceptors (Lipinski definition) is 3. The van der Waals surface area contributed by atoms with Gasteiger partial charge in [-0.25, -0.2) is 0 Å². The number of aryl methyl sites for hydroxylation is 1. The molecule has 3 nitrogen and oxygen atoms in total. The van der Waals surface area contributed by atoms with Crippen molar-refractivity contribution in [2.45, 2.75) is 6.92 Å². The third-order valence-electron chi connectivity index (χ3n) is 2.12. The van der Waals surface area contributed by atoms with Crippen molar-refractivity contribution in [2.24, 2.45) is 0 Å². The van der Waals surface area contributed by atoms with E-state index in [0.29, 0.717) is 0 Å². The molecule has 0 radical (unpaired) electrons. The normalized spacial score (nSPS) is 10.1. The van der Waals surface area contributed by atoms with Crippen molar-refractivity contribution in [1.82, 2.24) is 5.16 Å². The van der Waals surface area contributed by atoms with Gasteiger partial charge >= 0.3 is 0 Å². The van der Waals surface area contributed by atoms with Gasteiger partial charge in [0.1, 0.15) is 5.75 Å². The molecule has 0 aliphatic carbocycles. The Kier molecular flexibility index (Phi) is 2.23. The van der Waals surface area contributed by atoms with Crippen molar-refractivity contribution < 1.29 is 9.26 Å². The Morgan fingerprint density at radius 3 is 2.71 bits per heavy atom. The van der Waals surface area contributed by atoms with Crippen LogP contribution in [0, 0.1) is 6.92 Å². The molecule has 0 atom stereocenters. The summed E-state index contributed by atoms with van der Waals surface area (Å²) < 4.78 is 10.2. The first-order valence-electron chi connectivity index (χ1n) is 4.37. The maximum absolute atomic E-state index is 5.17. The minimum Gasteiger partial charge on any atom is -0.496 e. The van der Waals surface area contributed by atoms with Crippen molar-refractivity contribution >= 4 is 0 Å². The molecule has 0 amide bonds. The molecule has 1 aromatic heterocycles. The predicted molar refractivity (Wildman–Crippen MR) is 53.2 cm³/mol. The molecule has 3 heteroatoms. The standard InChI is InChI=1S/C11H11NO2/c1-8-7-9(3-4-10(8)13-2)11-5-6-12-14-11/h3-7H,1-2H3. The fourth-order valence-electron chi connectivity index (χ4n) is 1.40. The SMILES string of the molecule is COc1ccc(-c2ccno2)cc1C. The number of aromatic nitrogens is 1. The largest absolute Gasteiger partial charge is 0.496 e. The van der Waals surface area contributed by atoms with Crippen molar-refractivity contribution in [3.05, 3.63) is 36.0 Å². The molecular formula is C11H11NO2. The van der Waals surface area contributed by atoms with Crippen LogP contribution in [0.15, 0.2) is 35.0 Å². The lowest BCUT2D eigenvalue weighted by Gasteiger charge is -2.04.